The Labute approximate surface area is 358 Å². The van der Waals surface area contributed by atoms with Crippen molar-refractivity contribution in [1.29, 1.82) is 0 Å². The highest BCUT2D eigenvalue weighted by Gasteiger charge is 2.68. The highest BCUT2D eigenvalue weighted by molar-refractivity contribution is 5.91. The molecule has 5 aromatic rings. The van der Waals surface area contributed by atoms with Crippen LogP contribution in [-0.4, -0.2) is 65.0 Å². The smallest absolute Gasteiger partial charge is 0.338 e. The summed E-state index contributed by atoms with van der Waals surface area (Å²) >= 11 is 0. The Bertz CT molecular complexity index is 2390. The average Bonchev–Trinajstić information content (AvgIpc) is 3.26. The Balaban J connectivity index is 1.62. The molecular formula is C49H47FO12. The molecule has 0 spiro atoms. The van der Waals surface area contributed by atoms with Crippen LogP contribution in [0.3, 0.4) is 0 Å². The zero-order valence-corrected chi connectivity index (χ0v) is 34.9. The van der Waals surface area contributed by atoms with Crippen LogP contribution in [0.15, 0.2) is 127 Å². The molecule has 0 aromatic heterocycles. The van der Waals surface area contributed by atoms with E-state index in [0.717, 1.165) is 25.0 Å². The normalized spacial score (nSPS) is 21.2. The van der Waals surface area contributed by atoms with Gasteiger partial charge in [-0.2, -0.15) is 0 Å². The summed E-state index contributed by atoms with van der Waals surface area (Å²) in [5, 5.41) is 13.5. The van der Waals surface area contributed by atoms with Crippen LogP contribution in [0.1, 0.15) is 93.5 Å². The zero-order valence-electron chi connectivity index (χ0n) is 34.9. The third-order valence-electron chi connectivity index (χ3n) is 10.6. The SMILES string of the molecule is CCc1ccc(Cc2c(F)cc(COC(C)=O)cc2[C@@]2(O)O[C@H]([C@H](C)OC(=O)c3ccccc3)[C@@](C)(OC(C)=O)[C@H](OC(=O)c3ccccc3)[C@H]2OC(=O)c2ccccc2)cc1. The van der Waals surface area contributed by atoms with Gasteiger partial charge in [0, 0.05) is 31.4 Å². The fourth-order valence-corrected chi connectivity index (χ4v) is 7.52. The van der Waals surface area contributed by atoms with Gasteiger partial charge in [0.05, 0.1) is 16.7 Å². The van der Waals surface area contributed by atoms with Crippen molar-refractivity contribution in [3.8, 4) is 0 Å². The third kappa shape index (κ3) is 10.1. The molecule has 0 bridgehead atoms. The molecule has 0 unspecified atom stereocenters. The summed E-state index contributed by atoms with van der Waals surface area (Å²) in [7, 11) is 0. The Morgan fingerprint density at radius 1 is 0.694 bits per heavy atom. The van der Waals surface area contributed by atoms with Gasteiger partial charge in [-0.15, -0.1) is 0 Å². The number of aryl methyl sites for hydroxylation is 1. The maximum atomic E-state index is 16.9. The number of benzene rings is 5. The van der Waals surface area contributed by atoms with Crippen LogP contribution in [0.2, 0.25) is 0 Å². The van der Waals surface area contributed by atoms with Gasteiger partial charge in [0.1, 0.15) is 24.6 Å². The van der Waals surface area contributed by atoms with Crippen LogP contribution in [0.25, 0.3) is 0 Å². The first kappa shape index (κ1) is 44.8. The van der Waals surface area contributed by atoms with Crippen molar-refractivity contribution in [3.63, 3.8) is 0 Å². The molecule has 62 heavy (non-hydrogen) atoms. The molecule has 13 heteroatoms. The fraction of sp³-hybridized carbons (Fsp3) is 0.286. The zero-order chi connectivity index (χ0) is 44.6. The molecule has 1 aliphatic rings. The van der Waals surface area contributed by atoms with Gasteiger partial charge < -0.3 is 33.5 Å². The lowest BCUT2D eigenvalue weighted by atomic mass is 9.76. The van der Waals surface area contributed by atoms with Crippen LogP contribution in [-0.2, 0) is 63.2 Å². The third-order valence-corrected chi connectivity index (χ3v) is 10.6. The summed E-state index contributed by atoms with van der Waals surface area (Å²) < 4.78 is 53.1. The molecule has 1 N–H and O–H groups in total. The van der Waals surface area contributed by atoms with Gasteiger partial charge in [0.2, 0.25) is 11.9 Å². The number of hydrogen-bond acceptors (Lipinski definition) is 12. The highest BCUT2D eigenvalue weighted by atomic mass is 19.1. The van der Waals surface area contributed by atoms with Crippen molar-refractivity contribution in [3.05, 3.63) is 178 Å². The summed E-state index contributed by atoms with van der Waals surface area (Å²) in [6.07, 6.45) is -6.69. The number of hydrogen-bond donors (Lipinski definition) is 1. The lowest BCUT2D eigenvalue weighted by Gasteiger charge is -2.55. The van der Waals surface area contributed by atoms with Crippen molar-refractivity contribution in [1.82, 2.24) is 0 Å². The van der Waals surface area contributed by atoms with Gasteiger partial charge in [-0.1, -0.05) is 85.8 Å². The maximum absolute atomic E-state index is 16.9. The number of aliphatic hydroxyl groups is 1. The van der Waals surface area contributed by atoms with E-state index in [1.807, 2.05) is 19.1 Å². The van der Waals surface area contributed by atoms with E-state index in [1.165, 1.54) is 63.2 Å². The number of carbonyl (C=O) groups excluding carboxylic acids is 5. The molecule has 12 nitrogen and oxygen atoms in total. The molecule has 322 valence electrons. The van der Waals surface area contributed by atoms with Crippen LogP contribution in [0.5, 0.6) is 0 Å². The number of halogens is 1. The Hall–Kier alpha value is -6.70. The molecular weight excluding hydrogens is 800 g/mol. The van der Waals surface area contributed by atoms with Gasteiger partial charge in [-0.05, 0) is 85.5 Å². The van der Waals surface area contributed by atoms with E-state index in [0.29, 0.717) is 5.56 Å². The highest BCUT2D eigenvalue weighted by Crippen LogP contribution is 2.49. The van der Waals surface area contributed by atoms with E-state index >= 15 is 4.39 Å². The molecule has 1 heterocycles. The van der Waals surface area contributed by atoms with Crippen LogP contribution in [0, 0.1) is 5.82 Å². The van der Waals surface area contributed by atoms with Gasteiger partial charge >= 0.3 is 29.8 Å². The number of ether oxygens (including phenoxy) is 6. The van der Waals surface area contributed by atoms with Gasteiger partial charge in [-0.25, -0.2) is 18.8 Å². The van der Waals surface area contributed by atoms with E-state index in [4.69, 9.17) is 28.4 Å². The van der Waals surface area contributed by atoms with Crippen molar-refractivity contribution < 1.29 is 61.9 Å². The molecule has 1 aliphatic heterocycles. The van der Waals surface area contributed by atoms with Crippen molar-refractivity contribution >= 4 is 29.8 Å². The van der Waals surface area contributed by atoms with Crippen molar-refractivity contribution in [2.45, 2.75) is 89.9 Å². The van der Waals surface area contributed by atoms with E-state index in [1.54, 1.807) is 66.7 Å². The molecule has 5 aromatic carbocycles. The van der Waals surface area contributed by atoms with Gasteiger partial charge in [0.25, 0.3) is 0 Å². The monoisotopic (exact) mass is 846 g/mol. The number of esters is 5. The molecule has 6 rings (SSSR count). The lowest BCUT2D eigenvalue weighted by Crippen LogP contribution is -2.73. The molecule has 6 atom stereocenters. The molecule has 1 fully saturated rings. The first-order valence-electron chi connectivity index (χ1n) is 20.0. The summed E-state index contributed by atoms with van der Waals surface area (Å²) in [6.45, 7) is 6.54. The quantitative estimate of drug-likeness (QED) is 0.0862. The molecule has 0 saturated carbocycles. The minimum atomic E-state index is -3.00. The largest absolute Gasteiger partial charge is 0.461 e. The number of rotatable bonds is 14. The average molecular weight is 847 g/mol. The molecule has 1 saturated heterocycles. The Morgan fingerprint density at radius 3 is 1.69 bits per heavy atom. The first-order valence-corrected chi connectivity index (χ1v) is 20.0. The second-order valence-electron chi connectivity index (χ2n) is 15.1. The maximum Gasteiger partial charge on any atom is 0.338 e. The van der Waals surface area contributed by atoms with Crippen LogP contribution in [0.4, 0.5) is 4.39 Å². The minimum absolute atomic E-state index is 0.00971. The Morgan fingerprint density at radius 2 is 1.19 bits per heavy atom. The van der Waals surface area contributed by atoms with E-state index in [2.05, 4.69) is 0 Å². The van der Waals surface area contributed by atoms with Crippen molar-refractivity contribution in [2.75, 3.05) is 0 Å². The summed E-state index contributed by atoms with van der Waals surface area (Å²) in [4.78, 5) is 67.1. The van der Waals surface area contributed by atoms with E-state index < -0.39 is 78.1 Å². The van der Waals surface area contributed by atoms with E-state index in [9.17, 15) is 29.1 Å². The van der Waals surface area contributed by atoms with Crippen LogP contribution >= 0.6 is 0 Å². The minimum Gasteiger partial charge on any atom is -0.461 e. The van der Waals surface area contributed by atoms with Gasteiger partial charge in [-0.3, -0.25) is 9.59 Å². The predicted octanol–water partition coefficient (Wildman–Crippen LogP) is 7.60. The standard InChI is InChI=1S/C49H47FO12/c1-6-33-22-24-34(25-23-33)26-39-40(27-35(28-41(39)50)29-57-31(3)51)49(56)44(60-47(55)38-20-14-9-15-21-38)43(59-46(54)37-18-12-8-13-19-37)48(5,61-32(4)52)42(62-49)30(2)58-45(53)36-16-10-7-11-17-36/h7-25,27-28,30,42-44,56H,6,26,29H2,1-5H3/t30-,42+,43+,44+,48+,49+/m0/s1. The summed E-state index contributed by atoms with van der Waals surface area (Å²) in [5.74, 6) is -8.29. The summed E-state index contributed by atoms with van der Waals surface area (Å²) in [5.41, 5.74) is -0.781. The van der Waals surface area contributed by atoms with Crippen molar-refractivity contribution in [2.24, 2.45) is 0 Å². The van der Waals surface area contributed by atoms with Crippen LogP contribution < -0.4 is 0 Å². The molecule has 0 radical (unpaired) electrons. The second-order valence-corrected chi connectivity index (χ2v) is 15.1. The molecule has 0 amide bonds. The van der Waals surface area contributed by atoms with E-state index in [-0.39, 0.29) is 39.8 Å². The predicted molar refractivity (Wildman–Crippen MR) is 222 cm³/mol. The first-order chi connectivity index (χ1) is 29.6. The Kier molecular flexibility index (Phi) is 14.0. The summed E-state index contributed by atoms with van der Waals surface area (Å²) in [6, 6.07) is 33.2. The molecule has 0 aliphatic carbocycles. The van der Waals surface area contributed by atoms with Gasteiger partial charge in [0.15, 0.2) is 11.7 Å². The topological polar surface area (TPSA) is 161 Å². The lowest BCUT2D eigenvalue weighted by molar-refractivity contribution is -0.382. The fourth-order valence-electron chi connectivity index (χ4n) is 7.52. The second kappa shape index (κ2) is 19.3. The number of carbonyl (C=O) groups is 5.